The molecule has 1 heterocycles. The van der Waals surface area contributed by atoms with Gasteiger partial charge in [-0.15, -0.1) is 0 Å². The Morgan fingerprint density at radius 2 is 1.94 bits per heavy atom. The van der Waals surface area contributed by atoms with Crippen molar-refractivity contribution in [2.45, 2.75) is 18.9 Å². The number of benzene rings is 1. The zero-order chi connectivity index (χ0) is 11.8. The van der Waals surface area contributed by atoms with Gasteiger partial charge in [-0.1, -0.05) is 12.1 Å². The highest BCUT2D eigenvalue weighted by Crippen LogP contribution is 2.33. The minimum absolute atomic E-state index is 0.129. The van der Waals surface area contributed by atoms with Crippen LogP contribution in [0.25, 0.3) is 0 Å². The smallest absolute Gasteiger partial charge is 0.211 e. The predicted octanol–water partition coefficient (Wildman–Crippen LogP) is 1.92. The van der Waals surface area contributed by atoms with Gasteiger partial charge in [0.05, 0.1) is 6.26 Å². The fourth-order valence-electron chi connectivity index (χ4n) is 2.16. The molecule has 0 unspecified atom stereocenters. The van der Waals surface area contributed by atoms with Gasteiger partial charge >= 0.3 is 0 Å². The number of hydrogen-bond donors (Lipinski definition) is 0. The quantitative estimate of drug-likeness (QED) is 0.796. The van der Waals surface area contributed by atoms with Crippen molar-refractivity contribution in [3.8, 4) is 0 Å². The number of hydrogen-bond acceptors (Lipinski definition) is 2. The molecule has 5 heteroatoms. The second-order valence-corrected chi connectivity index (χ2v) is 6.02. The van der Waals surface area contributed by atoms with Crippen LogP contribution in [0.15, 0.2) is 24.3 Å². The van der Waals surface area contributed by atoms with Crippen molar-refractivity contribution in [1.82, 2.24) is 4.31 Å². The normalized spacial score (nSPS) is 22.5. The van der Waals surface area contributed by atoms with Gasteiger partial charge in [0, 0.05) is 12.6 Å². The van der Waals surface area contributed by atoms with Crippen LogP contribution >= 0.6 is 0 Å². The summed E-state index contributed by atoms with van der Waals surface area (Å²) in [5.74, 6) is -0.298. The zero-order valence-electron chi connectivity index (χ0n) is 9.06. The Balaban J connectivity index is 2.30. The van der Waals surface area contributed by atoms with Crippen molar-refractivity contribution < 1.29 is 12.8 Å². The molecule has 0 aromatic heterocycles. The van der Waals surface area contributed by atoms with Crippen molar-refractivity contribution in [3.05, 3.63) is 35.6 Å². The van der Waals surface area contributed by atoms with Gasteiger partial charge in [-0.3, -0.25) is 0 Å². The Labute approximate surface area is 94.9 Å². The highest BCUT2D eigenvalue weighted by atomic mass is 32.2. The van der Waals surface area contributed by atoms with Crippen molar-refractivity contribution >= 4 is 10.0 Å². The van der Waals surface area contributed by atoms with Gasteiger partial charge in [0.25, 0.3) is 0 Å². The molecule has 1 aromatic rings. The van der Waals surface area contributed by atoms with Crippen LogP contribution in [0.5, 0.6) is 0 Å². The monoisotopic (exact) mass is 243 g/mol. The lowest BCUT2D eigenvalue weighted by molar-refractivity contribution is 0.400. The van der Waals surface area contributed by atoms with Crippen LogP contribution in [0.1, 0.15) is 24.4 Å². The Morgan fingerprint density at radius 3 is 2.50 bits per heavy atom. The lowest BCUT2D eigenvalue weighted by Gasteiger charge is -2.22. The van der Waals surface area contributed by atoms with Crippen LogP contribution in [-0.2, 0) is 10.0 Å². The van der Waals surface area contributed by atoms with Gasteiger partial charge < -0.3 is 0 Å². The average molecular weight is 243 g/mol. The standard InChI is InChI=1S/C11H14FNO2S/c1-16(14,15)13-8-2-3-11(13)9-4-6-10(12)7-5-9/h4-7,11H,2-3,8H2,1H3/t11-/m1/s1. The highest BCUT2D eigenvalue weighted by Gasteiger charge is 2.32. The molecule has 0 radical (unpaired) electrons. The molecule has 0 N–H and O–H groups in total. The second-order valence-electron chi connectivity index (χ2n) is 4.08. The van der Waals surface area contributed by atoms with E-state index >= 15 is 0 Å². The average Bonchev–Trinajstić information content (AvgIpc) is 2.66. The molecule has 0 aliphatic carbocycles. The van der Waals surface area contributed by atoms with Crippen LogP contribution in [-0.4, -0.2) is 25.5 Å². The maximum absolute atomic E-state index is 12.8. The lowest BCUT2D eigenvalue weighted by atomic mass is 10.1. The fraction of sp³-hybridized carbons (Fsp3) is 0.455. The second kappa shape index (κ2) is 4.14. The minimum atomic E-state index is -3.17. The van der Waals surface area contributed by atoms with Crippen LogP contribution in [0.4, 0.5) is 4.39 Å². The summed E-state index contributed by atoms with van der Waals surface area (Å²) in [7, 11) is -3.17. The van der Waals surface area contributed by atoms with Gasteiger partial charge in [0.2, 0.25) is 10.0 Å². The SMILES string of the molecule is CS(=O)(=O)N1CCC[C@@H]1c1ccc(F)cc1. The van der Waals surface area contributed by atoms with Crippen LogP contribution in [0.3, 0.4) is 0 Å². The zero-order valence-corrected chi connectivity index (χ0v) is 9.87. The van der Waals surface area contributed by atoms with E-state index < -0.39 is 10.0 Å². The first-order chi connectivity index (χ1) is 7.48. The molecule has 1 saturated heterocycles. The summed E-state index contributed by atoms with van der Waals surface area (Å²) >= 11 is 0. The first-order valence-corrected chi connectivity index (χ1v) is 7.05. The number of nitrogens with zero attached hydrogens (tertiary/aromatic N) is 1. The Bertz CT molecular complexity index is 469. The van der Waals surface area contributed by atoms with Gasteiger partial charge in [0.15, 0.2) is 0 Å². The summed E-state index contributed by atoms with van der Waals surface area (Å²) in [6.45, 7) is 0.556. The highest BCUT2D eigenvalue weighted by molar-refractivity contribution is 7.88. The van der Waals surface area contributed by atoms with E-state index in [0.717, 1.165) is 18.4 Å². The molecule has 1 aliphatic rings. The molecule has 0 amide bonds. The van der Waals surface area contributed by atoms with Crippen molar-refractivity contribution in [2.24, 2.45) is 0 Å². The summed E-state index contributed by atoms with van der Waals surface area (Å²) in [6.07, 6.45) is 2.88. The Morgan fingerprint density at radius 1 is 1.31 bits per heavy atom. The first-order valence-electron chi connectivity index (χ1n) is 5.21. The minimum Gasteiger partial charge on any atom is -0.212 e. The van der Waals surface area contributed by atoms with Gasteiger partial charge in [-0.25, -0.2) is 12.8 Å². The maximum atomic E-state index is 12.8. The Hall–Kier alpha value is -0.940. The van der Waals surface area contributed by atoms with Crippen molar-refractivity contribution in [1.29, 1.82) is 0 Å². The summed E-state index contributed by atoms with van der Waals surface area (Å²) in [5.41, 5.74) is 0.865. The molecule has 2 rings (SSSR count). The largest absolute Gasteiger partial charge is 0.212 e. The third-order valence-corrected chi connectivity index (χ3v) is 4.17. The van der Waals surface area contributed by atoms with E-state index in [9.17, 15) is 12.8 Å². The molecular weight excluding hydrogens is 229 g/mol. The summed E-state index contributed by atoms with van der Waals surface area (Å²) < 4.78 is 37.3. The Kier molecular flexibility index (Phi) is 2.99. The van der Waals surface area contributed by atoms with E-state index in [0.29, 0.717) is 6.54 Å². The molecule has 1 aromatic carbocycles. The van der Waals surface area contributed by atoms with E-state index in [-0.39, 0.29) is 11.9 Å². The van der Waals surface area contributed by atoms with Gasteiger partial charge in [-0.05, 0) is 30.5 Å². The van der Waals surface area contributed by atoms with E-state index in [4.69, 9.17) is 0 Å². The summed E-state index contributed by atoms with van der Waals surface area (Å²) in [5, 5.41) is 0. The molecule has 0 spiro atoms. The topological polar surface area (TPSA) is 37.4 Å². The summed E-state index contributed by atoms with van der Waals surface area (Å²) in [6, 6.07) is 5.92. The molecule has 88 valence electrons. The number of sulfonamides is 1. The number of halogens is 1. The van der Waals surface area contributed by atoms with Gasteiger partial charge in [0.1, 0.15) is 5.82 Å². The third kappa shape index (κ3) is 2.25. The van der Waals surface area contributed by atoms with E-state index in [1.165, 1.54) is 22.7 Å². The van der Waals surface area contributed by atoms with Crippen LogP contribution in [0, 0.1) is 5.82 Å². The summed E-state index contributed by atoms with van der Waals surface area (Å²) in [4.78, 5) is 0. The predicted molar refractivity (Wildman–Crippen MR) is 59.9 cm³/mol. The van der Waals surface area contributed by atoms with Gasteiger partial charge in [-0.2, -0.15) is 4.31 Å². The molecule has 1 atom stereocenters. The maximum Gasteiger partial charge on any atom is 0.211 e. The van der Waals surface area contributed by atoms with Crippen LogP contribution in [0.2, 0.25) is 0 Å². The molecule has 0 bridgehead atoms. The lowest BCUT2D eigenvalue weighted by Crippen LogP contribution is -2.29. The van der Waals surface area contributed by atoms with E-state index in [1.54, 1.807) is 12.1 Å². The molecular formula is C11H14FNO2S. The molecule has 3 nitrogen and oxygen atoms in total. The van der Waals surface area contributed by atoms with E-state index in [1.807, 2.05) is 0 Å². The third-order valence-electron chi connectivity index (χ3n) is 2.88. The van der Waals surface area contributed by atoms with Crippen molar-refractivity contribution in [3.63, 3.8) is 0 Å². The molecule has 16 heavy (non-hydrogen) atoms. The molecule has 1 aliphatic heterocycles. The first kappa shape index (κ1) is 11.5. The molecule has 1 fully saturated rings. The van der Waals surface area contributed by atoms with Crippen molar-refractivity contribution in [2.75, 3.05) is 12.8 Å². The fourth-order valence-corrected chi connectivity index (χ4v) is 3.31. The van der Waals surface area contributed by atoms with Crippen LogP contribution < -0.4 is 0 Å². The number of rotatable bonds is 2. The molecule has 0 saturated carbocycles. The van der Waals surface area contributed by atoms with E-state index in [2.05, 4.69) is 0 Å².